The summed E-state index contributed by atoms with van der Waals surface area (Å²) in [5.74, 6) is 0.928. The van der Waals surface area contributed by atoms with Gasteiger partial charge in [-0.05, 0) is 30.7 Å². The van der Waals surface area contributed by atoms with Gasteiger partial charge in [0.15, 0.2) is 0 Å². The summed E-state index contributed by atoms with van der Waals surface area (Å²) in [6, 6.07) is 9.40. The summed E-state index contributed by atoms with van der Waals surface area (Å²) in [6.07, 6.45) is 4.67. The fourth-order valence-electron chi connectivity index (χ4n) is 2.24. The minimum Gasteiger partial charge on any atom is -0.494 e. The summed E-state index contributed by atoms with van der Waals surface area (Å²) in [6.45, 7) is 2.89. The number of nitrogen functional groups attached to an aromatic ring is 2. The van der Waals surface area contributed by atoms with E-state index in [1.165, 1.54) is 19.3 Å². The Bertz CT molecular complexity index is 691. The number of benzene rings is 1. The van der Waals surface area contributed by atoms with Gasteiger partial charge in [0.05, 0.1) is 12.3 Å². The van der Waals surface area contributed by atoms with Crippen molar-refractivity contribution in [2.24, 2.45) is 0 Å². The molecular weight excluding hydrogens is 290 g/mol. The zero-order chi connectivity index (χ0) is 16.7. The quantitative estimate of drug-likeness (QED) is 0.760. The molecule has 0 saturated carbocycles. The van der Waals surface area contributed by atoms with Gasteiger partial charge < -0.3 is 16.2 Å². The summed E-state index contributed by atoms with van der Waals surface area (Å²) in [5, 5.41) is 9.22. The van der Waals surface area contributed by atoms with Crippen LogP contribution in [0.5, 0.6) is 5.75 Å². The fourth-order valence-corrected chi connectivity index (χ4v) is 2.24. The first-order chi connectivity index (χ1) is 11.2. The Hall–Kier alpha value is -2.81. The molecule has 0 aliphatic carbocycles. The molecule has 0 saturated heterocycles. The van der Waals surface area contributed by atoms with Gasteiger partial charge in [0.1, 0.15) is 23.2 Å². The SMILES string of the molecule is CCCCCCOc1ccc(-c2nc(N)nc(N)c2C#N)cc1. The lowest BCUT2D eigenvalue weighted by atomic mass is 10.1. The Balaban J connectivity index is 2.10. The number of hydrogen-bond donors (Lipinski definition) is 2. The van der Waals surface area contributed by atoms with Gasteiger partial charge in [0.2, 0.25) is 5.95 Å². The number of ether oxygens (including phenoxy) is 1. The topological polar surface area (TPSA) is 111 Å². The van der Waals surface area contributed by atoms with Crippen LogP contribution in [-0.2, 0) is 0 Å². The van der Waals surface area contributed by atoms with Crippen LogP contribution >= 0.6 is 0 Å². The van der Waals surface area contributed by atoms with Crippen molar-refractivity contribution >= 4 is 11.8 Å². The molecule has 0 atom stereocenters. The maximum atomic E-state index is 9.22. The van der Waals surface area contributed by atoms with Gasteiger partial charge >= 0.3 is 0 Å². The highest BCUT2D eigenvalue weighted by molar-refractivity contribution is 5.73. The smallest absolute Gasteiger partial charge is 0.222 e. The van der Waals surface area contributed by atoms with Gasteiger partial charge in [-0.25, -0.2) is 4.98 Å². The van der Waals surface area contributed by atoms with Crippen LogP contribution in [0.4, 0.5) is 11.8 Å². The number of rotatable bonds is 7. The monoisotopic (exact) mass is 311 g/mol. The van der Waals surface area contributed by atoms with Crippen LogP contribution in [0.3, 0.4) is 0 Å². The molecular formula is C17H21N5O. The van der Waals surface area contributed by atoms with E-state index in [9.17, 15) is 5.26 Å². The van der Waals surface area contributed by atoms with E-state index in [4.69, 9.17) is 16.2 Å². The van der Waals surface area contributed by atoms with Crippen molar-refractivity contribution in [3.63, 3.8) is 0 Å². The molecule has 0 bridgehead atoms. The molecule has 0 spiro atoms. The van der Waals surface area contributed by atoms with Crippen LogP contribution in [0.2, 0.25) is 0 Å². The highest BCUT2D eigenvalue weighted by Gasteiger charge is 2.13. The lowest BCUT2D eigenvalue weighted by Gasteiger charge is -2.09. The lowest BCUT2D eigenvalue weighted by molar-refractivity contribution is 0.305. The molecule has 1 heterocycles. The van der Waals surface area contributed by atoms with Gasteiger partial charge in [-0.15, -0.1) is 0 Å². The normalized spacial score (nSPS) is 10.3. The largest absolute Gasteiger partial charge is 0.494 e. The highest BCUT2D eigenvalue weighted by Crippen LogP contribution is 2.26. The van der Waals surface area contributed by atoms with Crippen molar-refractivity contribution in [3.8, 4) is 23.1 Å². The predicted octanol–water partition coefficient (Wildman–Crippen LogP) is 3.14. The molecule has 0 unspecified atom stereocenters. The maximum Gasteiger partial charge on any atom is 0.222 e. The molecule has 0 amide bonds. The first kappa shape index (κ1) is 16.6. The zero-order valence-electron chi connectivity index (χ0n) is 13.2. The second-order valence-corrected chi connectivity index (χ2v) is 5.24. The van der Waals surface area contributed by atoms with Crippen LogP contribution in [0, 0.1) is 11.3 Å². The molecule has 0 aliphatic rings. The third-order valence-electron chi connectivity index (χ3n) is 3.46. The van der Waals surface area contributed by atoms with E-state index in [0.717, 1.165) is 17.7 Å². The molecule has 0 radical (unpaired) electrons. The lowest BCUT2D eigenvalue weighted by Crippen LogP contribution is -2.05. The summed E-state index contributed by atoms with van der Waals surface area (Å²) < 4.78 is 5.70. The van der Waals surface area contributed by atoms with Crippen LogP contribution < -0.4 is 16.2 Å². The third-order valence-corrected chi connectivity index (χ3v) is 3.46. The molecule has 4 N–H and O–H groups in total. The minimum absolute atomic E-state index is 0.0488. The number of nitriles is 1. The molecule has 120 valence electrons. The van der Waals surface area contributed by atoms with E-state index in [-0.39, 0.29) is 17.3 Å². The van der Waals surface area contributed by atoms with Gasteiger partial charge in [-0.3, -0.25) is 0 Å². The first-order valence-electron chi connectivity index (χ1n) is 7.72. The van der Waals surface area contributed by atoms with Crippen LogP contribution in [0.1, 0.15) is 38.2 Å². The van der Waals surface area contributed by atoms with E-state index >= 15 is 0 Å². The molecule has 0 fully saturated rings. The fraction of sp³-hybridized carbons (Fsp3) is 0.353. The van der Waals surface area contributed by atoms with Crippen molar-refractivity contribution in [2.75, 3.05) is 18.1 Å². The van der Waals surface area contributed by atoms with Gasteiger partial charge in [-0.2, -0.15) is 10.2 Å². The van der Waals surface area contributed by atoms with E-state index < -0.39 is 0 Å². The first-order valence-corrected chi connectivity index (χ1v) is 7.72. The molecule has 0 aliphatic heterocycles. The molecule has 1 aromatic heterocycles. The Labute approximate surface area is 136 Å². The maximum absolute atomic E-state index is 9.22. The third kappa shape index (κ3) is 4.33. The van der Waals surface area contributed by atoms with Gasteiger partial charge in [0, 0.05) is 5.56 Å². The van der Waals surface area contributed by atoms with Crippen molar-refractivity contribution in [2.45, 2.75) is 32.6 Å². The Kier molecular flexibility index (Phi) is 5.75. The molecule has 6 nitrogen and oxygen atoms in total. The number of aromatic nitrogens is 2. The Morgan fingerprint density at radius 1 is 1.09 bits per heavy atom. The van der Waals surface area contributed by atoms with Crippen LogP contribution in [0.15, 0.2) is 24.3 Å². The van der Waals surface area contributed by atoms with Gasteiger partial charge in [0.25, 0.3) is 0 Å². The Morgan fingerprint density at radius 2 is 1.83 bits per heavy atom. The van der Waals surface area contributed by atoms with E-state index in [0.29, 0.717) is 12.3 Å². The molecule has 23 heavy (non-hydrogen) atoms. The van der Waals surface area contributed by atoms with E-state index in [1.54, 1.807) is 0 Å². The van der Waals surface area contributed by atoms with Crippen molar-refractivity contribution in [1.82, 2.24) is 9.97 Å². The number of hydrogen-bond acceptors (Lipinski definition) is 6. The number of anilines is 2. The number of nitrogens with zero attached hydrogens (tertiary/aromatic N) is 3. The van der Waals surface area contributed by atoms with Crippen molar-refractivity contribution < 1.29 is 4.74 Å². The average molecular weight is 311 g/mol. The summed E-state index contributed by atoms with van der Waals surface area (Å²) in [5.41, 5.74) is 12.8. The average Bonchev–Trinajstić information content (AvgIpc) is 2.54. The van der Waals surface area contributed by atoms with E-state index in [1.807, 2.05) is 30.3 Å². The van der Waals surface area contributed by atoms with Crippen LogP contribution in [-0.4, -0.2) is 16.6 Å². The van der Waals surface area contributed by atoms with Crippen molar-refractivity contribution in [1.29, 1.82) is 5.26 Å². The predicted molar refractivity (Wildman–Crippen MR) is 90.6 cm³/mol. The molecule has 2 aromatic rings. The second kappa shape index (κ2) is 7.99. The molecule has 6 heteroatoms. The minimum atomic E-state index is 0.0488. The van der Waals surface area contributed by atoms with Crippen LogP contribution in [0.25, 0.3) is 11.3 Å². The number of unbranched alkanes of at least 4 members (excludes halogenated alkanes) is 3. The van der Waals surface area contributed by atoms with E-state index in [2.05, 4.69) is 16.9 Å². The second-order valence-electron chi connectivity index (χ2n) is 5.24. The molecule has 1 aromatic carbocycles. The van der Waals surface area contributed by atoms with Gasteiger partial charge in [-0.1, -0.05) is 26.2 Å². The Morgan fingerprint density at radius 3 is 2.48 bits per heavy atom. The summed E-state index contributed by atoms with van der Waals surface area (Å²) >= 11 is 0. The zero-order valence-corrected chi connectivity index (χ0v) is 13.2. The standard InChI is InChI=1S/C17H21N5O/c1-2-3-4-5-10-23-13-8-6-12(7-9-13)15-14(11-18)16(19)22-17(20)21-15/h6-9H,2-5,10H2,1H3,(H4,19,20,21,22). The van der Waals surface area contributed by atoms with Crippen molar-refractivity contribution in [3.05, 3.63) is 29.8 Å². The molecule has 2 rings (SSSR count). The highest BCUT2D eigenvalue weighted by atomic mass is 16.5. The summed E-state index contributed by atoms with van der Waals surface area (Å²) in [7, 11) is 0. The number of nitrogens with two attached hydrogens (primary N) is 2. The summed E-state index contributed by atoms with van der Waals surface area (Å²) in [4.78, 5) is 7.93.